The van der Waals surface area contributed by atoms with Crippen LogP contribution in [0.4, 0.5) is 8.78 Å². The average molecular weight is 571 g/mol. The predicted molar refractivity (Wildman–Crippen MR) is 155 cm³/mol. The van der Waals surface area contributed by atoms with Crippen molar-refractivity contribution in [1.29, 1.82) is 0 Å². The summed E-state index contributed by atoms with van der Waals surface area (Å²) in [6.45, 7) is 2.71. The van der Waals surface area contributed by atoms with E-state index in [2.05, 4.69) is 20.5 Å². The lowest BCUT2D eigenvalue weighted by molar-refractivity contribution is -0.0706. The van der Waals surface area contributed by atoms with Gasteiger partial charge >= 0.3 is 0 Å². The van der Waals surface area contributed by atoms with Gasteiger partial charge in [0, 0.05) is 43.9 Å². The molecule has 0 saturated heterocycles. The molecule has 0 amide bonds. The zero-order valence-corrected chi connectivity index (χ0v) is 23.8. The van der Waals surface area contributed by atoms with Crippen LogP contribution in [0.25, 0.3) is 45.2 Å². The van der Waals surface area contributed by atoms with Gasteiger partial charge in [-0.15, -0.1) is 10.2 Å². The quantitative estimate of drug-likeness (QED) is 0.210. The molecule has 42 heavy (non-hydrogen) atoms. The van der Waals surface area contributed by atoms with Crippen LogP contribution >= 0.6 is 0 Å². The Balaban J connectivity index is 1.26. The molecule has 0 spiro atoms. The number of fused-ring (bicyclic) bond motifs is 1. The monoisotopic (exact) mass is 570 g/mol. The number of ether oxygens (including phenoxy) is 1. The third-order valence-electron chi connectivity index (χ3n) is 8.70. The summed E-state index contributed by atoms with van der Waals surface area (Å²) < 4.78 is 43.2. The van der Waals surface area contributed by atoms with Gasteiger partial charge in [0.15, 0.2) is 17.2 Å². The highest BCUT2D eigenvalue weighted by molar-refractivity contribution is 5.83. The number of rotatable bonds is 9. The Morgan fingerprint density at radius 1 is 1.10 bits per heavy atom. The van der Waals surface area contributed by atoms with Crippen molar-refractivity contribution >= 4 is 11.1 Å². The van der Waals surface area contributed by atoms with Crippen molar-refractivity contribution in [2.24, 2.45) is 7.05 Å². The maximum Gasteiger partial charge on any atom is 0.246 e. The molecule has 0 aliphatic heterocycles. The number of nitrogens with one attached hydrogen (secondary N) is 1. The molecule has 2 aliphatic rings. The lowest BCUT2D eigenvalue weighted by Crippen LogP contribution is -2.48. The normalized spacial score (nSPS) is 17.0. The van der Waals surface area contributed by atoms with Crippen LogP contribution in [0.1, 0.15) is 62.2 Å². The second-order valence-electron chi connectivity index (χ2n) is 11.6. The minimum absolute atomic E-state index is 0.0926. The van der Waals surface area contributed by atoms with Crippen LogP contribution in [0, 0.1) is 11.6 Å². The van der Waals surface area contributed by atoms with Gasteiger partial charge in [-0.05, 0) is 92.1 Å². The van der Waals surface area contributed by atoms with E-state index < -0.39 is 5.82 Å². The number of benzene rings is 2. The SMILES string of the molecule is COC1(CN[C@H](C)c2cc(F)c3oc(-c4cc(-c5ccc(F)cc5-c5nncn5C)cc(C5CC5)n4)nc3c2)CCC1. The summed E-state index contributed by atoms with van der Waals surface area (Å²) in [5, 5.41) is 11.7. The van der Waals surface area contributed by atoms with Crippen LogP contribution in [0.2, 0.25) is 0 Å². The molecule has 3 aromatic heterocycles. The molecule has 5 aromatic rings. The second kappa shape index (κ2) is 10.4. The number of aromatic nitrogens is 5. The van der Waals surface area contributed by atoms with Crippen LogP contribution < -0.4 is 5.32 Å². The van der Waals surface area contributed by atoms with Crippen LogP contribution in [-0.2, 0) is 11.8 Å². The molecule has 2 aromatic carbocycles. The summed E-state index contributed by atoms with van der Waals surface area (Å²) in [5.41, 5.74) is 4.79. The van der Waals surface area contributed by atoms with E-state index in [1.54, 1.807) is 24.1 Å². The van der Waals surface area contributed by atoms with E-state index >= 15 is 4.39 Å². The second-order valence-corrected chi connectivity index (χ2v) is 11.6. The van der Waals surface area contributed by atoms with Crippen LogP contribution in [0.15, 0.2) is 53.2 Å². The van der Waals surface area contributed by atoms with E-state index in [1.165, 1.54) is 18.2 Å². The van der Waals surface area contributed by atoms with Gasteiger partial charge in [-0.25, -0.2) is 18.7 Å². The average Bonchev–Trinajstić information content (AvgIpc) is 3.58. The number of hydrogen-bond donors (Lipinski definition) is 1. The summed E-state index contributed by atoms with van der Waals surface area (Å²) in [7, 11) is 3.57. The van der Waals surface area contributed by atoms with E-state index in [0.29, 0.717) is 35.1 Å². The topological polar surface area (TPSA) is 90.9 Å². The molecule has 0 bridgehead atoms. The van der Waals surface area contributed by atoms with Crippen molar-refractivity contribution in [1.82, 2.24) is 30.0 Å². The molecule has 0 radical (unpaired) electrons. The maximum atomic E-state index is 15.3. The standard InChI is InChI=1S/C32H32F2N6O2/c1-18(35-16-32(41-3)9-4-10-32)20-11-25(34)29-27(12-20)38-31(42-29)28-14-21(13-26(37-28)19-5-6-19)23-8-7-22(33)15-24(23)30-39-36-17-40(30)2/h7-8,11-15,17-19,35H,4-6,9-10,16H2,1-3H3/t18-/m1/s1. The first kappa shape index (κ1) is 26.9. The third kappa shape index (κ3) is 4.88. The molecule has 7 rings (SSSR count). The molecule has 216 valence electrons. The van der Waals surface area contributed by atoms with Crippen molar-refractivity contribution in [2.75, 3.05) is 13.7 Å². The van der Waals surface area contributed by atoms with Gasteiger partial charge in [-0.3, -0.25) is 0 Å². The molecule has 10 heteroatoms. The fraction of sp³-hybridized carbons (Fsp3) is 0.375. The molecule has 2 fully saturated rings. The maximum absolute atomic E-state index is 15.3. The van der Waals surface area contributed by atoms with Crippen molar-refractivity contribution < 1.29 is 17.9 Å². The minimum atomic E-state index is -0.471. The first-order valence-corrected chi connectivity index (χ1v) is 14.4. The van der Waals surface area contributed by atoms with Gasteiger partial charge in [0.05, 0.1) is 5.60 Å². The van der Waals surface area contributed by atoms with Crippen molar-refractivity contribution in [2.45, 2.75) is 56.6 Å². The highest BCUT2D eigenvalue weighted by Crippen LogP contribution is 2.43. The predicted octanol–water partition coefficient (Wildman–Crippen LogP) is 6.73. The van der Waals surface area contributed by atoms with E-state index in [9.17, 15) is 4.39 Å². The zero-order valence-electron chi connectivity index (χ0n) is 23.8. The number of oxazole rings is 1. The highest BCUT2D eigenvalue weighted by Gasteiger charge is 2.37. The lowest BCUT2D eigenvalue weighted by Gasteiger charge is -2.41. The first-order chi connectivity index (χ1) is 20.3. The Labute approximate surface area is 242 Å². The number of aryl methyl sites for hydroxylation is 1. The van der Waals surface area contributed by atoms with E-state index in [1.807, 2.05) is 32.2 Å². The molecule has 1 atom stereocenters. The Kier molecular flexibility index (Phi) is 6.62. The number of halogens is 2. The van der Waals surface area contributed by atoms with Gasteiger partial charge in [0.1, 0.15) is 23.4 Å². The minimum Gasteiger partial charge on any atom is -0.432 e. The fourth-order valence-corrected chi connectivity index (χ4v) is 5.74. The number of methoxy groups -OCH3 is 1. The molecule has 0 unspecified atom stereocenters. The largest absolute Gasteiger partial charge is 0.432 e. The summed E-state index contributed by atoms with van der Waals surface area (Å²) in [6.07, 6.45) is 6.86. The zero-order chi connectivity index (χ0) is 29.0. The van der Waals surface area contributed by atoms with Crippen LogP contribution in [0.5, 0.6) is 0 Å². The Hall–Kier alpha value is -4.02. The lowest BCUT2D eigenvalue weighted by atomic mass is 9.80. The van der Waals surface area contributed by atoms with Crippen LogP contribution in [0.3, 0.4) is 0 Å². The molecule has 1 N–H and O–H groups in total. The van der Waals surface area contributed by atoms with Gasteiger partial charge in [-0.1, -0.05) is 6.07 Å². The number of pyridine rings is 1. The highest BCUT2D eigenvalue weighted by atomic mass is 19.1. The summed E-state index contributed by atoms with van der Waals surface area (Å²) >= 11 is 0. The fourth-order valence-electron chi connectivity index (χ4n) is 5.74. The van der Waals surface area contributed by atoms with Gasteiger partial charge < -0.3 is 19.0 Å². The molecule has 2 aliphatic carbocycles. The Morgan fingerprint density at radius 2 is 1.93 bits per heavy atom. The van der Waals surface area contributed by atoms with Gasteiger partial charge in [0.2, 0.25) is 5.89 Å². The number of nitrogens with zero attached hydrogens (tertiary/aromatic N) is 5. The van der Waals surface area contributed by atoms with E-state index in [-0.39, 0.29) is 28.9 Å². The van der Waals surface area contributed by atoms with Crippen molar-refractivity contribution in [3.8, 4) is 34.1 Å². The molecule has 2 saturated carbocycles. The number of hydrogen-bond acceptors (Lipinski definition) is 7. The van der Waals surface area contributed by atoms with Gasteiger partial charge in [0.25, 0.3) is 0 Å². The first-order valence-electron chi connectivity index (χ1n) is 14.4. The third-order valence-corrected chi connectivity index (χ3v) is 8.70. The Bertz CT molecular complexity index is 1780. The molecular formula is C32H32F2N6O2. The van der Waals surface area contributed by atoms with E-state index in [0.717, 1.165) is 54.5 Å². The van der Waals surface area contributed by atoms with Crippen molar-refractivity contribution in [3.05, 3.63) is 71.7 Å². The Morgan fingerprint density at radius 3 is 2.62 bits per heavy atom. The smallest absolute Gasteiger partial charge is 0.246 e. The molecule has 3 heterocycles. The molecule has 8 nitrogen and oxygen atoms in total. The summed E-state index contributed by atoms with van der Waals surface area (Å²) in [6, 6.07) is 11.8. The van der Waals surface area contributed by atoms with E-state index in [4.69, 9.17) is 14.1 Å². The summed E-state index contributed by atoms with van der Waals surface area (Å²) in [4.78, 5) is 9.56. The van der Waals surface area contributed by atoms with Crippen LogP contribution in [-0.4, -0.2) is 44.0 Å². The van der Waals surface area contributed by atoms with Crippen molar-refractivity contribution in [3.63, 3.8) is 0 Å². The summed E-state index contributed by atoms with van der Waals surface area (Å²) in [5.74, 6) is 0.270. The van der Waals surface area contributed by atoms with Gasteiger partial charge in [-0.2, -0.15) is 0 Å². The molecular weight excluding hydrogens is 538 g/mol.